The van der Waals surface area contributed by atoms with E-state index in [4.69, 9.17) is 0 Å². The Kier molecular flexibility index (Phi) is 3.87. The number of amides is 2. The van der Waals surface area contributed by atoms with Crippen LogP contribution in [-0.2, 0) is 9.59 Å². The molecule has 3 unspecified atom stereocenters. The Bertz CT molecular complexity index is 415. The molecule has 0 radical (unpaired) electrons. The molecular weight excluding hydrogens is 252 g/mol. The molecule has 0 spiro atoms. The van der Waals surface area contributed by atoms with Crippen molar-refractivity contribution in [2.75, 3.05) is 0 Å². The van der Waals surface area contributed by atoms with Crippen molar-refractivity contribution < 1.29 is 9.59 Å². The molecular formula is C16H28N2O2. The highest BCUT2D eigenvalue weighted by Gasteiger charge is 2.56. The van der Waals surface area contributed by atoms with E-state index in [9.17, 15) is 9.59 Å². The van der Waals surface area contributed by atoms with E-state index in [-0.39, 0.29) is 29.8 Å². The molecule has 0 aromatic carbocycles. The van der Waals surface area contributed by atoms with Gasteiger partial charge in [0.15, 0.2) is 0 Å². The van der Waals surface area contributed by atoms with E-state index >= 15 is 0 Å². The van der Waals surface area contributed by atoms with Crippen LogP contribution in [0.2, 0.25) is 0 Å². The second-order valence-corrected chi connectivity index (χ2v) is 7.35. The first-order valence-electron chi connectivity index (χ1n) is 7.85. The average molecular weight is 280 g/mol. The number of nitrogens with zero attached hydrogens (tertiary/aromatic N) is 1. The Balaban J connectivity index is 2.38. The summed E-state index contributed by atoms with van der Waals surface area (Å²) in [5.74, 6) is 0.911. The molecule has 0 aromatic heterocycles. The van der Waals surface area contributed by atoms with E-state index in [1.54, 1.807) is 0 Å². The van der Waals surface area contributed by atoms with Gasteiger partial charge < -0.3 is 10.2 Å². The zero-order chi connectivity index (χ0) is 15.2. The van der Waals surface area contributed by atoms with Crippen LogP contribution in [0.1, 0.15) is 54.4 Å². The van der Waals surface area contributed by atoms with Crippen LogP contribution < -0.4 is 5.32 Å². The molecule has 1 saturated carbocycles. The predicted octanol–water partition coefficient (Wildman–Crippen LogP) is 2.18. The van der Waals surface area contributed by atoms with Crippen molar-refractivity contribution in [3.63, 3.8) is 0 Å². The molecule has 4 nitrogen and oxygen atoms in total. The van der Waals surface area contributed by atoms with Gasteiger partial charge in [0.1, 0.15) is 11.6 Å². The summed E-state index contributed by atoms with van der Waals surface area (Å²) in [7, 11) is 0. The fraction of sp³-hybridized carbons (Fsp3) is 0.875. The third kappa shape index (κ3) is 2.33. The smallest absolute Gasteiger partial charge is 0.249 e. The Hall–Kier alpha value is -1.06. The topological polar surface area (TPSA) is 49.4 Å². The molecule has 1 aliphatic heterocycles. The molecule has 2 amide bonds. The maximum absolute atomic E-state index is 13.0. The molecule has 20 heavy (non-hydrogen) atoms. The molecule has 2 rings (SSSR count). The lowest BCUT2D eigenvalue weighted by atomic mass is 9.84. The number of carbonyl (C=O) groups is 2. The van der Waals surface area contributed by atoms with Crippen LogP contribution in [0, 0.1) is 17.8 Å². The van der Waals surface area contributed by atoms with Gasteiger partial charge in [-0.05, 0) is 44.4 Å². The number of nitrogens with one attached hydrogen (secondary N) is 1. The monoisotopic (exact) mass is 280 g/mol. The van der Waals surface area contributed by atoms with Crippen molar-refractivity contribution in [3.05, 3.63) is 0 Å². The van der Waals surface area contributed by atoms with Gasteiger partial charge in [-0.1, -0.05) is 27.7 Å². The van der Waals surface area contributed by atoms with E-state index in [0.717, 1.165) is 12.8 Å². The molecule has 114 valence electrons. The third-order valence-corrected chi connectivity index (χ3v) is 5.06. The number of piperazine rings is 1. The second-order valence-electron chi connectivity index (χ2n) is 7.35. The summed E-state index contributed by atoms with van der Waals surface area (Å²) in [5, 5.41) is 3.03. The summed E-state index contributed by atoms with van der Waals surface area (Å²) in [5.41, 5.74) is -0.689. The summed E-state index contributed by atoms with van der Waals surface area (Å²) in [6.07, 6.45) is 2.08. The van der Waals surface area contributed by atoms with Gasteiger partial charge in [-0.3, -0.25) is 9.59 Å². The van der Waals surface area contributed by atoms with Crippen LogP contribution in [0.15, 0.2) is 0 Å². The van der Waals surface area contributed by atoms with Gasteiger partial charge >= 0.3 is 0 Å². The zero-order valence-electron chi connectivity index (χ0n) is 13.6. The molecule has 2 aliphatic rings. The molecule has 1 saturated heterocycles. The number of rotatable bonds is 4. The highest BCUT2D eigenvalue weighted by atomic mass is 16.2. The summed E-state index contributed by atoms with van der Waals surface area (Å²) in [4.78, 5) is 27.5. The average Bonchev–Trinajstić information content (AvgIpc) is 3.16. The quantitative estimate of drug-likeness (QED) is 0.858. The van der Waals surface area contributed by atoms with Crippen molar-refractivity contribution >= 4 is 11.8 Å². The number of carbonyl (C=O) groups excluding carboxylic acids is 2. The molecule has 1 aliphatic carbocycles. The molecule has 4 heteroatoms. The van der Waals surface area contributed by atoms with Crippen molar-refractivity contribution in [1.82, 2.24) is 10.2 Å². The maximum atomic E-state index is 13.0. The van der Waals surface area contributed by atoms with Gasteiger partial charge in [-0.15, -0.1) is 0 Å². The maximum Gasteiger partial charge on any atom is 0.249 e. The van der Waals surface area contributed by atoms with E-state index in [1.165, 1.54) is 0 Å². The van der Waals surface area contributed by atoms with Gasteiger partial charge in [0.2, 0.25) is 11.8 Å². The summed E-state index contributed by atoms with van der Waals surface area (Å²) >= 11 is 0. The number of hydrogen-bond donors (Lipinski definition) is 1. The normalized spacial score (nSPS) is 32.8. The molecule has 1 N–H and O–H groups in total. The van der Waals surface area contributed by atoms with E-state index in [2.05, 4.69) is 26.1 Å². The summed E-state index contributed by atoms with van der Waals surface area (Å²) in [6, 6.07) is -0.259. The van der Waals surface area contributed by atoms with Crippen LogP contribution in [0.4, 0.5) is 0 Å². The van der Waals surface area contributed by atoms with Crippen LogP contribution >= 0.6 is 0 Å². The minimum Gasteiger partial charge on any atom is -0.340 e. The number of hydrogen-bond acceptors (Lipinski definition) is 2. The van der Waals surface area contributed by atoms with E-state index < -0.39 is 5.54 Å². The molecule has 0 bridgehead atoms. The van der Waals surface area contributed by atoms with Gasteiger partial charge in [0.25, 0.3) is 0 Å². The van der Waals surface area contributed by atoms with Crippen LogP contribution in [0.5, 0.6) is 0 Å². The first kappa shape index (κ1) is 15.3. The minimum absolute atomic E-state index is 0.0153. The van der Waals surface area contributed by atoms with E-state index in [0.29, 0.717) is 11.8 Å². The highest BCUT2D eigenvalue weighted by Crippen LogP contribution is 2.43. The third-order valence-electron chi connectivity index (χ3n) is 5.06. The van der Waals surface area contributed by atoms with Crippen molar-refractivity contribution in [2.24, 2.45) is 17.8 Å². The van der Waals surface area contributed by atoms with Crippen LogP contribution in [0.3, 0.4) is 0 Å². The Morgan fingerprint density at radius 1 is 1.15 bits per heavy atom. The largest absolute Gasteiger partial charge is 0.340 e. The molecule has 3 atom stereocenters. The SMILES string of the molecule is CC(C)C(C)N1C(=O)C(C)(C2CC2)NC(=O)C1C(C)C. The van der Waals surface area contributed by atoms with Crippen molar-refractivity contribution in [1.29, 1.82) is 0 Å². The Labute approximate surface area is 122 Å². The standard InChI is InChI=1S/C16H28N2O2/c1-9(2)11(5)18-13(10(3)4)14(19)17-16(6,15(18)20)12-7-8-12/h9-13H,7-8H2,1-6H3,(H,17,19). The lowest BCUT2D eigenvalue weighted by Gasteiger charge is -2.49. The molecule has 2 fully saturated rings. The highest BCUT2D eigenvalue weighted by molar-refractivity contribution is 6.00. The lowest BCUT2D eigenvalue weighted by Crippen LogP contribution is -2.73. The van der Waals surface area contributed by atoms with Gasteiger partial charge in [0, 0.05) is 6.04 Å². The molecule has 0 aromatic rings. The van der Waals surface area contributed by atoms with Gasteiger partial charge in [0.05, 0.1) is 0 Å². The Morgan fingerprint density at radius 3 is 2.10 bits per heavy atom. The summed E-state index contributed by atoms with van der Waals surface area (Å²) < 4.78 is 0. The first-order chi connectivity index (χ1) is 9.20. The minimum atomic E-state index is -0.689. The zero-order valence-corrected chi connectivity index (χ0v) is 13.6. The first-order valence-corrected chi connectivity index (χ1v) is 7.85. The van der Waals surface area contributed by atoms with E-state index in [1.807, 2.05) is 25.7 Å². The fourth-order valence-corrected chi connectivity index (χ4v) is 3.22. The van der Waals surface area contributed by atoms with Crippen LogP contribution in [-0.4, -0.2) is 34.3 Å². The molecule has 1 heterocycles. The predicted molar refractivity (Wildman–Crippen MR) is 79.0 cm³/mol. The van der Waals surface area contributed by atoms with Crippen molar-refractivity contribution in [2.45, 2.75) is 72.0 Å². The second kappa shape index (κ2) is 5.05. The Morgan fingerprint density at radius 2 is 1.70 bits per heavy atom. The van der Waals surface area contributed by atoms with Gasteiger partial charge in [-0.25, -0.2) is 0 Å². The summed E-state index contributed by atoms with van der Waals surface area (Å²) in [6.45, 7) is 12.2. The van der Waals surface area contributed by atoms with Crippen molar-refractivity contribution in [3.8, 4) is 0 Å². The lowest BCUT2D eigenvalue weighted by molar-refractivity contribution is -0.161. The fourth-order valence-electron chi connectivity index (χ4n) is 3.22. The van der Waals surface area contributed by atoms with Crippen LogP contribution in [0.25, 0.3) is 0 Å². The van der Waals surface area contributed by atoms with Gasteiger partial charge in [-0.2, -0.15) is 0 Å².